The van der Waals surface area contributed by atoms with Crippen molar-refractivity contribution in [2.45, 2.75) is 38.9 Å². The first-order valence-corrected chi connectivity index (χ1v) is 5.21. The van der Waals surface area contributed by atoms with Crippen LogP contribution in [0.5, 0.6) is 0 Å². The number of aromatic nitrogens is 2. The van der Waals surface area contributed by atoms with Gasteiger partial charge in [-0.15, -0.1) is 0 Å². The van der Waals surface area contributed by atoms with Gasteiger partial charge in [-0.1, -0.05) is 0 Å². The summed E-state index contributed by atoms with van der Waals surface area (Å²) in [5.41, 5.74) is 0.519. The molecule has 0 aromatic carbocycles. The molecule has 4 nitrogen and oxygen atoms in total. The topological polar surface area (TPSA) is 69.1 Å². The molecule has 0 saturated carbocycles. The second kappa shape index (κ2) is 4.00. The fraction of sp³-hybridized carbons (Fsp3) is 0.667. The Labute approximate surface area is 91.5 Å². The van der Waals surface area contributed by atoms with Crippen molar-refractivity contribution in [3.05, 3.63) is 15.9 Å². The second-order valence-corrected chi connectivity index (χ2v) is 4.87. The number of hydrogen-bond donors (Lipinski definition) is 3. The monoisotopic (exact) mass is 262 g/mol. The van der Waals surface area contributed by atoms with Crippen LogP contribution < -0.4 is 0 Å². The van der Waals surface area contributed by atoms with Gasteiger partial charge < -0.3 is 10.2 Å². The third kappa shape index (κ3) is 2.80. The Morgan fingerprint density at radius 2 is 2.14 bits per heavy atom. The molecule has 5 heteroatoms. The van der Waals surface area contributed by atoms with Crippen LogP contribution in [0.4, 0.5) is 0 Å². The number of nitrogens with zero attached hydrogens (tertiary/aromatic N) is 1. The van der Waals surface area contributed by atoms with E-state index in [2.05, 4.69) is 26.1 Å². The van der Waals surface area contributed by atoms with Crippen molar-refractivity contribution in [1.29, 1.82) is 0 Å². The minimum absolute atomic E-state index is 0.260. The Morgan fingerprint density at radius 3 is 2.50 bits per heavy atom. The van der Waals surface area contributed by atoms with Crippen LogP contribution >= 0.6 is 15.9 Å². The third-order valence-corrected chi connectivity index (χ3v) is 2.91. The highest BCUT2D eigenvalue weighted by Crippen LogP contribution is 2.29. The van der Waals surface area contributed by atoms with E-state index in [-0.39, 0.29) is 6.42 Å². The average molecular weight is 263 g/mol. The zero-order chi connectivity index (χ0) is 10.9. The van der Waals surface area contributed by atoms with Crippen molar-refractivity contribution >= 4 is 15.9 Å². The Kier molecular flexibility index (Phi) is 3.34. The summed E-state index contributed by atoms with van der Waals surface area (Å²) in [6, 6.07) is 0. The Balaban J connectivity index is 2.80. The van der Waals surface area contributed by atoms with Crippen LogP contribution in [-0.4, -0.2) is 26.0 Å². The third-order valence-electron chi connectivity index (χ3n) is 1.91. The van der Waals surface area contributed by atoms with Gasteiger partial charge in [-0.3, -0.25) is 5.10 Å². The van der Waals surface area contributed by atoms with E-state index in [0.717, 1.165) is 10.2 Å². The summed E-state index contributed by atoms with van der Waals surface area (Å²) in [5, 5.41) is 26.0. The van der Waals surface area contributed by atoms with Crippen molar-refractivity contribution in [2.75, 3.05) is 0 Å². The maximum atomic E-state index is 9.78. The zero-order valence-corrected chi connectivity index (χ0v) is 10.1. The highest BCUT2D eigenvalue weighted by atomic mass is 79.9. The molecule has 0 bridgehead atoms. The predicted molar refractivity (Wildman–Crippen MR) is 56.9 cm³/mol. The van der Waals surface area contributed by atoms with Gasteiger partial charge in [0.05, 0.1) is 10.1 Å². The summed E-state index contributed by atoms with van der Waals surface area (Å²) in [4.78, 5) is 0. The van der Waals surface area contributed by atoms with Gasteiger partial charge in [-0.05, 0) is 36.7 Å². The smallest absolute Gasteiger partial charge is 0.105 e. The molecule has 0 unspecified atom stereocenters. The van der Waals surface area contributed by atoms with E-state index in [1.165, 1.54) is 0 Å². The SMILES string of the molecule is Cc1[nH]nc([C@H](O)CC(C)(C)O)c1Br. The fourth-order valence-corrected chi connectivity index (χ4v) is 1.67. The normalized spacial score (nSPS) is 14.4. The van der Waals surface area contributed by atoms with Crippen LogP contribution in [0.2, 0.25) is 0 Å². The molecule has 1 atom stereocenters. The highest BCUT2D eigenvalue weighted by Gasteiger charge is 2.23. The number of halogens is 1. The maximum absolute atomic E-state index is 9.78. The molecule has 1 aromatic heterocycles. The van der Waals surface area contributed by atoms with Gasteiger partial charge in [0, 0.05) is 12.1 Å². The first-order chi connectivity index (χ1) is 6.31. The fourth-order valence-electron chi connectivity index (χ4n) is 1.22. The van der Waals surface area contributed by atoms with Crippen molar-refractivity contribution < 1.29 is 10.2 Å². The molecule has 0 radical (unpaired) electrons. The van der Waals surface area contributed by atoms with Crippen molar-refractivity contribution in [3.8, 4) is 0 Å². The summed E-state index contributed by atoms with van der Waals surface area (Å²) < 4.78 is 0.772. The number of rotatable bonds is 3. The van der Waals surface area contributed by atoms with Crippen LogP contribution in [0.15, 0.2) is 4.47 Å². The van der Waals surface area contributed by atoms with Crippen LogP contribution in [0.1, 0.15) is 37.8 Å². The summed E-state index contributed by atoms with van der Waals surface area (Å²) >= 11 is 3.32. The van der Waals surface area contributed by atoms with Gasteiger partial charge in [-0.25, -0.2) is 0 Å². The summed E-state index contributed by atoms with van der Waals surface area (Å²) in [7, 11) is 0. The first kappa shape index (κ1) is 11.7. The summed E-state index contributed by atoms with van der Waals surface area (Å²) in [6.07, 6.45) is -0.495. The van der Waals surface area contributed by atoms with Crippen molar-refractivity contribution in [1.82, 2.24) is 10.2 Å². The van der Waals surface area contributed by atoms with E-state index in [4.69, 9.17) is 0 Å². The lowest BCUT2D eigenvalue weighted by molar-refractivity contribution is 0.0162. The molecule has 0 spiro atoms. The van der Waals surface area contributed by atoms with Crippen molar-refractivity contribution in [2.24, 2.45) is 0 Å². The number of aromatic amines is 1. The van der Waals surface area contributed by atoms with Crippen molar-refractivity contribution in [3.63, 3.8) is 0 Å². The number of aryl methyl sites for hydroxylation is 1. The Hall–Kier alpha value is -0.390. The van der Waals surface area contributed by atoms with Gasteiger partial charge >= 0.3 is 0 Å². The minimum atomic E-state index is -0.897. The molecule has 0 saturated heterocycles. The van der Waals surface area contributed by atoms with Crippen LogP contribution in [0.25, 0.3) is 0 Å². The molecule has 0 fully saturated rings. The summed E-state index contributed by atoms with van der Waals surface area (Å²) in [5.74, 6) is 0. The predicted octanol–water partition coefficient (Wildman–Crippen LogP) is 1.68. The van der Waals surface area contributed by atoms with Gasteiger partial charge in [0.25, 0.3) is 0 Å². The number of nitrogens with one attached hydrogen (secondary N) is 1. The maximum Gasteiger partial charge on any atom is 0.105 e. The molecule has 3 N–H and O–H groups in total. The van der Waals surface area contributed by atoms with E-state index in [9.17, 15) is 10.2 Å². The van der Waals surface area contributed by atoms with Crippen LogP contribution in [-0.2, 0) is 0 Å². The lowest BCUT2D eigenvalue weighted by Gasteiger charge is -2.20. The molecule has 1 rings (SSSR count). The number of H-pyrrole nitrogens is 1. The van der Waals surface area contributed by atoms with Gasteiger partial charge in [0.2, 0.25) is 0 Å². The average Bonchev–Trinajstić information content (AvgIpc) is 2.29. The minimum Gasteiger partial charge on any atom is -0.390 e. The molecule has 0 aliphatic carbocycles. The highest BCUT2D eigenvalue weighted by molar-refractivity contribution is 9.10. The quantitative estimate of drug-likeness (QED) is 0.777. The number of hydrogen-bond acceptors (Lipinski definition) is 3. The van der Waals surface area contributed by atoms with Gasteiger partial charge in [-0.2, -0.15) is 5.10 Å². The van der Waals surface area contributed by atoms with E-state index >= 15 is 0 Å². The number of aliphatic hydroxyl groups excluding tert-OH is 1. The van der Waals surface area contributed by atoms with Crippen LogP contribution in [0, 0.1) is 6.92 Å². The molecular formula is C9H15BrN2O2. The Morgan fingerprint density at radius 1 is 1.57 bits per heavy atom. The lowest BCUT2D eigenvalue weighted by Crippen LogP contribution is -2.22. The standard InChI is InChI=1S/C9H15BrN2O2/c1-5-7(10)8(12-11-5)6(13)4-9(2,3)14/h6,13-14H,4H2,1-3H3,(H,11,12)/t6-/m1/s1. The van der Waals surface area contributed by atoms with E-state index in [0.29, 0.717) is 5.69 Å². The van der Waals surface area contributed by atoms with E-state index in [1.54, 1.807) is 13.8 Å². The van der Waals surface area contributed by atoms with Gasteiger partial charge in [0.15, 0.2) is 0 Å². The molecule has 14 heavy (non-hydrogen) atoms. The molecule has 80 valence electrons. The molecule has 1 heterocycles. The van der Waals surface area contributed by atoms with Gasteiger partial charge in [0.1, 0.15) is 11.8 Å². The Bertz CT molecular complexity index is 317. The molecule has 0 amide bonds. The zero-order valence-electron chi connectivity index (χ0n) is 8.50. The lowest BCUT2D eigenvalue weighted by atomic mass is 9.99. The molecule has 1 aromatic rings. The largest absolute Gasteiger partial charge is 0.390 e. The molecular weight excluding hydrogens is 248 g/mol. The molecule has 0 aliphatic heterocycles. The van der Waals surface area contributed by atoms with Crippen LogP contribution in [0.3, 0.4) is 0 Å². The number of aliphatic hydroxyl groups is 2. The molecule has 0 aliphatic rings. The first-order valence-electron chi connectivity index (χ1n) is 4.42. The van der Waals surface area contributed by atoms with E-state index < -0.39 is 11.7 Å². The van der Waals surface area contributed by atoms with E-state index in [1.807, 2.05) is 6.92 Å². The summed E-state index contributed by atoms with van der Waals surface area (Å²) in [6.45, 7) is 5.17. The second-order valence-electron chi connectivity index (χ2n) is 4.08.